The molecule has 0 saturated carbocycles. The quantitative estimate of drug-likeness (QED) is 0.734. The molecule has 1 nitrogen and oxygen atoms in total. The molecule has 0 atom stereocenters. The van der Waals surface area contributed by atoms with Crippen LogP contribution in [-0.2, 0) is 0 Å². The molecule has 0 bridgehead atoms. The van der Waals surface area contributed by atoms with Gasteiger partial charge in [0.15, 0.2) is 0 Å². The van der Waals surface area contributed by atoms with E-state index in [4.69, 9.17) is 0 Å². The fourth-order valence-electron chi connectivity index (χ4n) is 1.97. The third kappa shape index (κ3) is 2.13. The van der Waals surface area contributed by atoms with Crippen LogP contribution in [0.2, 0.25) is 15.8 Å². The Morgan fingerprint density at radius 2 is 1.69 bits per heavy atom. The summed E-state index contributed by atoms with van der Waals surface area (Å²) < 4.78 is 1.44. The number of aromatic nitrogens is 1. The zero-order chi connectivity index (χ0) is 9.73. The standard InChI is InChI=1S/C11H19GeN/c1-4-12(5-2,6-3)11-9-7-8-10-13-11/h7-10H,4-6H2,1-3H3. The molecule has 0 spiro atoms. The van der Waals surface area contributed by atoms with Gasteiger partial charge >= 0.3 is 83.7 Å². The molecule has 13 heavy (non-hydrogen) atoms. The van der Waals surface area contributed by atoms with E-state index in [2.05, 4.69) is 37.9 Å². The van der Waals surface area contributed by atoms with Crippen LogP contribution in [0, 0.1) is 0 Å². The van der Waals surface area contributed by atoms with Gasteiger partial charge in [0, 0.05) is 0 Å². The number of rotatable bonds is 4. The summed E-state index contributed by atoms with van der Waals surface area (Å²) in [6, 6.07) is 6.37. The van der Waals surface area contributed by atoms with Gasteiger partial charge in [-0.25, -0.2) is 0 Å². The molecule has 2 heteroatoms. The van der Waals surface area contributed by atoms with Crippen LogP contribution in [0.15, 0.2) is 24.4 Å². The molecule has 0 aliphatic carbocycles. The van der Waals surface area contributed by atoms with Gasteiger partial charge in [0.2, 0.25) is 0 Å². The third-order valence-corrected chi connectivity index (χ3v) is 14.7. The summed E-state index contributed by atoms with van der Waals surface area (Å²) in [6.07, 6.45) is 1.94. The Balaban J connectivity index is 3.01. The molecule has 0 amide bonds. The van der Waals surface area contributed by atoms with Crippen molar-refractivity contribution in [2.75, 3.05) is 0 Å². The van der Waals surface area contributed by atoms with Gasteiger partial charge in [0.25, 0.3) is 0 Å². The number of hydrogen-bond acceptors (Lipinski definition) is 1. The van der Waals surface area contributed by atoms with Gasteiger partial charge in [-0.15, -0.1) is 0 Å². The van der Waals surface area contributed by atoms with Gasteiger partial charge in [-0.1, -0.05) is 0 Å². The van der Waals surface area contributed by atoms with Crippen molar-refractivity contribution in [1.29, 1.82) is 0 Å². The van der Waals surface area contributed by atoms with Crippen LogP contribution >= 0.6 is 0 Å². The predicted molar refractivity (Wildman–Crippen MR) is 61.1 cm³/mol. The van der Waals surface area contributed by atoms with Crippen molar-refractivity contribution in [2.45, 2.75) is 36.5 Å². The summed E-state index contributed by atoms with van der Waals surface area (Å²) in [6.45, 7) is 7.00. The van der Waals surface area contributed by atoms with Gasteiger partial charge in [0.05, 0.1) is 0 Å². The van der Waals surface area contributed by atoms with E-state index in [1.165, 1.54) is 20.3 Å². The number of hydrogen-bond donors (Lipinski definition) is 0. The second-order valence-corrected chi connectivity index (χ2v) is 14.5. The average molecular weight is 238 g/mol. The molecule has 72 valence electrons. The van der Waals surface area contributed by atoms with Gasteiger partial charge in [-0.2, -0.15) is 0 Å². The molecule has 0 unspecified atom stereocenters. The van der Waals surface area contributed by atoms with Crippen molar-refractivity contribution in [3.05, 3.63) is 24.4 Å². The summed E-state index contributed by atoms with van der Waals surface area (Å²) in [5, 5.41) is 4.10. The first-order chi connectivity index (χ1) is 6.29. The Morgan fingerprint density at radius 1 is 1.08 bits per heavy atom. The van der Waals surface area contributed by atoms with Gasteiger partial charge in [-0.3, -0.25) is 0 Å². The SMILES string of the molecule is C[CH2][Ge]([CH2]C)([CH2]C)[c]1ccccn1. The zero-order valence-electron chi connectivity index (χ0n) is 8.88. The first-order valence-corrected chi connectivity index (χ1v) is 10.7. The monoisotopic (exact) mass is 239 g/mol. The number of pyridine rings is 1. The van der Waals surface area contributed by atoms with E-state index >= 15 is 0 Å². The average Bonchev–Trinajstić information content (AvgIpc) is 2.23. The first-order valence-electron chi connectivity index (χ1n) is 5.20. The molecule has 1 aromatic rings. The summed E-state index contributed by atoms with van der Waals surface area (Å²) in [5.41, 5.74) is 0. The van der Waals surface area contributed by atoms with Crippen molar-refractivity contribution in [1.82, 2.24) is 4.98 Å². The predicted octanol–water partition coefficient (Wildman–Crippen LogP) is 2.80. The first kappa shape index (κ1) is 10.8. The normalized spacial score (nSPS) is 11.6. The molecule has 0 N–H and O–H groups in total. The molecule has 0 radical (unpaired) electrons. The number of nitrogens with zero attached hydrogens (tertiary/aromatic N) is 1. The van der Waals surface area contributed by atoms with Crippen LogP contribution in [0.3, 0.4) is 0 Å². The van der Waals surface area contributed by atoms with Crippen molar-refractivity contribution < 1.29 is 0 Å². The Kier molecular flexibility index (Phi) is 3.98. The van der Waals surface area contributed by atoms with Crippen molar-refractivity contribution in [3.8, 4) is 0 Å². The van der Waals surface area contributed by atoms with Crippen LogP contribution < -0.4 is 4.53 Å². The van der Waals surface area contributed by atoms with E-state index in [1.807, 2.05) is 12.3 Å². The molecular formula is C11H19GeN. The summed E-state index contributed by atoms with van der Waals surface area (Å²) in [5.74, 6) is 0. The van der Waals surface area contributed by atoms with Crippen LogP contribution in [0.25, 0.3) is 0 Å². The summed E-state index contributed by atoms with van der Waals surface area (Å²) in [4.78, 5) is 4.55. The van der Waals surface area contributed by atoms with Crippen LogP contribution in [0.5, 0.6) is 0 Å². The van der Waals surface area contributed by atoms with Crippen LogP contribution in [0.4, 0.5) is 0 Å². The van der Waals surface area contributed by atoms with Crippen molar-refractivity contribution in [3.63, 3.8) is 0 Å². The molecular weight excluding hydrogens is 219 g/mol. The van der Waals surface area contributed by atoms with E-state index in [-0.39, 0.29) is 0 Å². The van der Waals surface area contributed by atoms with E-state index in [1.54, 1.807) is 0 Å². The van der Waals surface area contributed by atoms with E-state index in [0.29, 0.717) is 0 Å². The molecule has 0 aliphatic heterocycles. The Morgan fingerprint density at radius 3 is 2.08 bits per heavy atom. The van der Waals surface area contributed by atoms with Crippen LogP contribution in [-0.4, -0.2) is 18.3 Å². The molecule has 0 saturated heterocycles. The van der Waals surface area contributed by atoms with E-state index < -0.39 is 13.3 Å². The fourth-order valence-corrected chi connectivity index (χ4v) is 9.07. The van der Waals surface area contributed by atoms with Crippen molar-refractivity contribution in [2.24, 2.45) is 0 Å². The third-order valence-electron chi connectivity index (χ3n) is 3.24. The Labute approximate surface area is 83.9 Å². The summed E-state index contributed by atoms with van der Waals surface area (Å²) in [7, 11) is 0. The maximum absolute atomic E-state index is 4.55. The molecule has 0 fully saturated rings. The molecule has 1 aromatic heterocycles. The van der Waals surface area contributed by atoms with Gasteiger partial charge in [-0.05, 0) is 0 Å². The topological polar surface area (TPSA) is 12.9 Å². The second-order valence-electron chi connectivity index (χ2n) is 3.56. The minimum atomic E-state index is -1.73. The Bertz CT molecular complexity index is 233. The van der Waals surface area contributed by atoms with Gasteiger partial charge in [0.1, 0.15) is 0 Å². The second kappa shape index (κ2) is 4.80. The molecule has 0 aliphatic rings. The molecule has 1 rings (SSSR count). The minimum absolute atomic E-state index is 1.37. The summed E-state index contributed by atoms with van der Waals surface area (Å²) >= 11 is -1.73. The Hall–Kier alpha value is -0.307. The van der Waals surface area contributed by atoms with Crippen LogP contribution in [0.1, 0.15) is 20.8 Å². The van der Waals surface area contributed by atoms with Crippen molar-refractivity contribution >= 4 is 17.8 Å². The van der Waals surface area contributed by atoms with E-state index in [9.17, 15) is 0 Å². The molecule has 1 heterocycles. The zero-order valence-corrected chi connectivity index (χ0v) is 11.0. The van der Waals surface area contributed by atoms with Gasteiger partial charge < -0.3 is 0 Å². The maximum atomic E-state index is 4.55. The molecule has 0 aromatic carbocycles. The fraction of sp³-hybridized carbons (Fsp3) is 0.545. The van der Waals surface area contributed by atoms with E-state index in [0.717, 1.165) is 0 Å².